The molecule has 0 amide bonds. The first kappa shape index (κ1) is 11.5. The molecule has 1 aromatic carbocycles. The fraction of sp³-hybridized carbons (Fsp3) is 0.308. The molecule has 1 N–H and O–H groups in total. The lowest BCUT2D eigenvalue weighted by molar-refractivity contribution is -0.136. The van der Waals surface area contributed by atoms with Crippen LogP contribution in [0, 0.1) is 6.92 Å². The van der Waals surface area contributed by atoms with E-state index in [0.29, 0.717) is 6.42 Å². The van der Waals surface area contributed by atoms with Crippen LogP contribution in [0.15, 0.2) is 22.6 Å². The van der Waals surface area contributed by atoms with E-state index in [1.165, 1.54) is 0 Å². The molecule has 1 heterocycles. The van der Waals surface area contributed by atoms with Crippen molar-refractivity contribution in [1.29, 1.82) is 0 Å². The number of aliphatic carboxylic acids is 1. The Kier molecular flexibility index (Phi) is 3.04. The van der Waals surface area contributed by atoms with E-state index in [9.17, 15) is 4.79 Å². The summed E-state index contributed by atoms with van der Waals surface area (Å²) in [5.74, 6) is 0.714. The van der Waals surface area contributed by atoms with Crippen molar-refractivity contribution < 1.29 is 19.1 Å². The van der Waals surface area contributed by atoms with Crippen LogP contribution in [0.5, 0.6) is 5.75 Å². The maximum absolute atomic E-state index is 10.6. The monoisotopic (exact) mass is 234 g/mol. The third-order valence-corrected chi connectivity index (χ3v) is 2.79. The van der Waals surface area contributed by atoms with Crippen LogP contribution in [-0.2, 0) is 11.2 Å². The molecule has 2 aromatic rings. The Labute approximate surface area is 98.8 Å². The van der Waals surface area contributed by atoms with Crippen molar-refractivity contribution in [3.63, 3.8) is 0 Å². The molecule has 0 saturated carbocycles. The summed E-state index contributed by atoms with van der Waals surface area (Å²) in [5.41, 5.74) is 1.71. The predicted octanol–water partition coefficient (Wildman–Crippen LogP) is 2.77. The topological polar surface area (TPSA) is 59.7 Å². The minimum absolute atomic E-state index is 0.104. The lowest BCUT2D eigenvalue weighted by Gasteiger charge is -2.00. The molecule has 0 fully saturated rings. The minimum Gasteiger partial charge on any atom is -0.497 e. The van der Waals surface area contributed by atoms with Gasteiger partial charge in [0, 0.05) is 17.4 Å². The standard InChI is InChI=1S/C13H14O4/c1-8-10(4-6-13(14)15)11-7-9(16-2)3-5-12(11)17-8/h3,5,7H,4,6H2,1-2H3,(H,14,15). The number of furan rings is 1. The Hall–Kier alpha value is -1.97. The molecule has 17 heavy (non-hydrogen) atoms. The van der Waals surface area contributed by atoms with E-state index in [0.717, 1.165) is 28.0 Å². The highest BCUT2D eigenvalue weighted by molar-refractivity contribution is 5.84. The van der Waals surface area contributed by atoms with Crippen LogP contribution in [0.3, 0.4) is 0 Å². The fourth-order valence-electron chi connectivity index (χ4n) is 1.92. The quantitative estimate of drug-likeness (QED) is 0.883. The molecule has 0 aliphatic heterocycles. The van der Waals surface area contributed by atoms with E-state index in [4.69, 9.17) is 14.3 Å². The first-order valence-corrected chi connectivity index (χ1v) is 5.39. The van der Waals surface area contributed by atoms with Gasteiger partial charge in [-0.05, 0) is 31.5 Å². The van der Waals surface area contributed by atoms with E-state index in [1.54, 1.807) is 7.11 Å². The van der Waals surface area contributed by atoms with Gasteiger partial charge in [-0.15, -0.1) is 0 Å². The largest absolute Gasteiger partial charge is 0.497 e. The average molecular weight is 234 g/mol. The molecule has 0 unspecified atom stereocenters. The van der Waals surface area contributed by atoms with E-state index < -0.39 is 5.97 Å². The first-order chi connectivity index (χ1) is 8.11. The van der Waals surface area contributed by atoms with Crippen molar-refractivity contribution in [1.82, 2.24) is 0 Å². The van der Waals surface area contributed by atoms with Crippen molar-refractivity contribution in [2.24, 2.45) is 0 Å². The summed E-state index contributed by atoms with van der Waals surface area (Å²) in [6.45, 7) is 1.85. The summed E-state index contributed by atoms with van der Waals surface area (Å²) in [5, 5.41) is 9.65. The number of aryl methyl sites for hydroxylation is 2. The van der Waals surface area contributed by atoms with Crippen LogP contribution < -0.4 is 4.74 Å². The van der Waals surface area contributed by atoms with Gasteiger partial charge in [-0.3, -0.25) is 4.79 Å². The second kappa shape index (κ2) is 4.49. The Balaban J connectivity index is 2.44. The molecule has 0 radical (unpaired) electrons. The molecule has 0 aliphatic rings. The predicted molar refractivity (Wildman–Crippen MR) is 63.5 cm³/mol. The van der Waals surface area contributed by atoms with E-state index in [1.807, 2.05) is 25.1 Å². The Morgan fingerprint density at radius 3 is 2.88 bits per heavy atom. The van der Waals surface area contributed by atoms with Gasteiger partial charge in [-0.2, -0.15) is 0 Å². The van der Waals surface area contributed by atoms with Gasteiger partial charge in [0.15, 0.2) is 0 Å². The van der Waals surface area contributed by atoms with Crippen molar-refractivity contribution in [3.8, 4) is 5.75 Å². The number of rotatable bonds is 4. The highest BCUT2D eigenvalue weighted by atomic mass is 16.5. The van der Waals surface area contributed by atoms with E-state index in [-0.39, 0.29) is 6.42 Å². The van der Waals surface area contributed by atoms with Gasteiger partial charge in [0.2, 0.25) is 0 Å². The maximum atomic E-state index is 10.6. The van der Waals surface area contributed by atoms with Crippen LogP contribution in [-0.4, -0.2) is 18.2 Å². The first-order valence-electron chi connectivity index (χ1n) is 5.39. The van der Waals surface area contributed by atoms with E-state index in [2.05, 4.69) is 0 Å². The number of ether oxygens (including phenoxy) is 1. The van der Waals surface area contributed by atoms with Gasteiger partial charge in [0.1, 0.15) is 17.1 Å². The molecule has 1 aromatic heterocycles. The summed E-state index contributed by atoms with van der Waals surface area (Å²) < 4.78 is 10.7. The third kappa shape index (κ3) is 2.25. The van der Waals surface area contributed by atoms with Gasteiger partial charge < -0.3 is 14.3 Å². The number of carbonyl (C=O) groups is 1. The Morgan fingerprint density at radius 2 is 2.24 bits per heavy atom. The van der Waals surface area contributed by atoms with Crippen LogP contribution in [0.2, 0.25) is 0 Å². The zero-order valence-corrected chi connectivity index (χ0v) is 9.82. The number of hydrogen-bond donors (Lipinski definition) is 1. The maximum Gasteiger partial charge on any atom is 0.303 e. The number of carboxylic acids is 1. The van der Waals surface area contributed by atoms with Gasteiger partial charge in [0.05, 0.1) is 7.11 Å². The number of fused-ring (bicyclic) bond motifs is 1. The molecule has 4 nitrogen and oxygen atoms in total. The van der Waals surface area contributed by atoms with Gasteiger partial charge >= 0.3 is 5.97 Å². The molecule has 0 atom stereocenters. The van der Waals surface area contributed by atoms with Crippen LogP contribution >= 0.6 is 0 Å². The smallest absolute Gasteiger partial charge is 0.303 e. The summed E-state index contributed by atoms with van der Waals surface area (Å²) >= 11 is 0. The molecule has 0 bridgehead atoms. The molecule has 0 aliphatic carbocycles. The SMILES string of the molecule is COc1ccc2oc(C)c(CCC(=O)O)c2c1. The summed E-state index contributed by atoms with van der Waals surface area (Å²) in [6, 6.07) is 5.54. The third-order valence-electron chi connectivity index (χ3n) is 2.79. The molecular weight excluding hydrogens is 220 g/mol. The van der Waals surface area contributed by atoms with Gasteiger partial charge in [-0.25, -0.2) is 0 Å². The zero-order valence-electron chi connectivity index (χ0n) is 9.82. The highest BCUT2D eigenvalue weighted by Crippen LogP contribution is 2.29. The summed E-state index contributed by atoms with van der Waals surface area (Å²) in [7, 11) is 1.60. The van der Waals surface area contributed by atoms with E-state index >= 15 is 0 Å². The molecule has 90 valence electrons. The summed E-state index contributed by atoms with van der Waals surface area (Å²) in [4.78, 5) is 10.6. The van der Waals surface area contributed by atoms with Crippen LogP contribution in [0.4, 0.5) is 0 Å². The number of benzene rings is 1. The molecular formula is C13H14O4. The Morgan fingerprint density at radius 1 is 1.47 bits per heavy atom. The zero-order chi connectivity index (χ0) is 12.4. The molecule has 0 saturated heterocycles. The normalized spacial score (nSPS) is 10.7. The summed E-state index contributed by atoms with van der Waals surface area (Å²) in [6.07, 6.45) is 0.577. The second-order valence-corrected chi connectivity index (χ2v) is 3.89. The van der Waals surface area contributed by atoms with Crippen LogP contribution in [0.25, 0.3) is 11.0 Å². The lowest BCUT2D eigenvalue weighted by Crippen LogP contribution is -1.97. The van der Waals surface area contributed by atoms with Crippen molar-refractivity contribution >= 4 is 16.9 Å². The van der Waals surface area contributed by atoms with Crippen molar-refractivity contribution in [2.45, 2.75) is 19.8 Å². The molecule has 4 heteroatoms. The average Bonchev–Trinajstić information content (AvgIpc) is 2.61. The van der Waals surface area contributed by atoms with Crippen LogP contribution in [0.1, 0.15) is 17.7 Å². The molecule has 0 spiro atoms. The Bertz CT molecular complexity index is 554. The number of carboxylic acid groups (broad SMARTS) is 1. The van der Waals surface area contributed by atoms with Gasteiger partial charge in [0.25, 0.3) is 0 Å². The minimum atomic E-state index is -0.804. The van der Waals surface area contributed by atoms with Crippen molar-refractivity contribution in [2.75, 3.05) is 7.11 Å². The fourth-order valence-corrected chi connectivity index (χ4v) is 1.92. The number of methoxy groups -OCH3 is 1. The lowest BCUT2D eigenvalue weighted by atomic mass is 10.1. The number of hydrogen-bond acceptors (Lipinski definition) is 3. The molecule has 2 rings (SSSR count). The second-order valence-electron chi connectivity index (χ2n) is 3.89. The van der Waals surface area contributed by atoms with Crippen molar-refractivity contribution in [3.05, 3.63) is 29.5 Å². The van der Waals surface area contributed by atoms with Gasteiger partial charge in [-0.1, -0.05) is 0 Å². The highest BCUT2D eigenvalue weighted by Gasteiger charge is 2.12.